The number of rotatable bonds is 1. The van der Waals surface area contributed by atoms with E-state index in [1.54, 1.807) is 12.1 Å². The Kier molecular flexibility index (Phi) is 1.35. The van der Waals surface area contributed by atoms with Crippen molar-refractivity contribution in [1.82, 2.24) is 5.48 Å². The molecule has 1 aliphatic rings. The maximum absolute atomic E-state index is 6.72. The summed E-state index contributed by atoms with van der Waals surface area (Å²) in [4.78, 5) is 8.12. The zero-order chi connectivity index (χ0) is 7.68. The Balaban J connectivity index is 2.27. The molecule has 0 spiro atoms. The molecule has 0 aliphatic carbocycles. The third kappa shape index (κ3) is 1.22. The van der Waals surface area contributed by atoms with Crippen LogP contribution in [0.5, 0.6) is 0 Å². The van der Waals surface area contributed by atoms with Gasteiger partial charge in [-0.3, -0.25) is 4.84 Å². The summed E-state index contributed by atoms with van der Waals surface area (Å²) in [6.07, 6.45) is 0.0507. The monoisotopic (exact) mass is 146 g/mol. The van der Waals surface area contributed by atoms with E-state index < -0.39 is 0 Å². The van der Waals surface area contributed by atoms with Crippen molar-refractivity contribution in [3.05, 3.63) is 41.2 Å². The molecule has 0 amide bonds. The molecule has 1 aromatic rings. The standard InChI is InChI=1S/C8H6N2O/c1-9-7-4-2-6(3-5-7)8-10-11-8/h2-5,8,10H. The molecule has 0 bridgehead atoms. The van der Waals surface area contributed by atoms with Gasteiger partial charge in [0, 0.05) is 0 Å². The van der Waals surface area contributed by atoms with E-state index in [0.29, 0.717) is 5.69 Å². The highest BCUT2D eigenvalue weighted by molar-refractivity contribution is 5.45. The Morgan fingerprint density at radius 2 is 2.00 bits per heavy atom. The predicted octanol–water partition coefficient (Wildman–Crippen LogP) is 1.77. The lowest BCUT2D eigenvalue weighted by atomic mass is 10.2. The fraction of sp³-hybridized carbons (Fsp3) is 0.125. The molecule has 2 rings (SSSR count). The Bertz CT molecular complexity index is 295. The van der Waals surface area contributed by atoms with Gasteiger partial charge in [-0.05, 0) is 5.56 Å². The predicted molar refractivity (Wildman–Crippen MR) is 39.7 cm³/mol. The molecule has 0 saturated carbocycles. The fourth-order valence-electron chi connectivity index (χ4n) is 0.894. The lowest BCUT2D eigenvalue weighted by molar-refractivity contribution is 0.374. The van der Waals surface area contributed by atoms with Gasteiger partial charge in [-0.2, -0.15) is 5.48 Å². The van der Waals surface area contributed by atoms with Crippen LogP contribution in [-0.4, -0.2) is 0 Å². The van der Waals surface area contributed by atoms with E-state index in [1.165, 1.54) is 0 Å². The van der Waals surface area contributed by atoms with Crippen LogP contribution in [0.15, 0.2) is 24.3 Å². The minimum absolute atomic E-state index is 0.0507. The highest BCUT2D eigenvalue weighted by Gasteiger charge is 2.23. The Morgan fingerprint density at radius 1 is 1.36 bits per heavy atom. The topological polar surface area (TPSA) is 38.8 Å². The van der Waals surface area contributed by atoms with E-state index in [9.17, 15) is 0 Å². The minimum Gasteiger partial charge on any atom is -0.273 e. The van der Waals surface area contributed by atoms with E-state index in [-0.39, 0.29) is 6.23 Å². The number of hydrogen-bond acceptors (Lipinski definition) is 2. The molecule has 1 N–H and O–H groups in total. The molecule has 1 unspecified atom stereocenters. The second-order valence-electron chi connectivity index (χ2n) is 2.32. The fourth-order valence-corrected chi connectivity index (χ4v) is 0.894. The summed E-state index contributed by atoms with van der Waals surface area (Å²) >= 11 is 0. The second-order valence-corrected chi connectivity index (χ2v) is 2.32. The number of nitrogens with one attached hydrogen (secondary N) is 1. The van der Waals surface area contributed by atoms with Gasteiger partial charge in [0.15, 0.2) is 11.9 Å². The van der Waals surface area contributed by atoms with Crippen LogP contribution >= 0.6 is 0 Å². The molecule has 1 saturated heterocycles. The van der Waals surface area contributed by atoms with Crippen LogP contribution in [0.1, 0.15) is 11.8 Å². The van der Waals surface area contributed by atoms with Crippen LogP contribution in [-0.2, 0) is 4.84 Å². The van der Waals surface area contributed by atoms with Gasteiger partial charge in [0.1, 0.15) is 0 Å². The molecule has 1 heterocycles. The molecule has 0 radical (unpaired) electrons. The second kappa shape index (κ2) is 2.35. The van der Waals surface area contributed by atoms with Gasteiger partial charge in [0.05, 0.1) is 6.57 Å². The molecule has 3 heteroatoms. The van der Waals surface area contributed by atoms with Crippen LogP contribution in [0, 0.1) is 6.57 Å². The summed E-state index contributed by atoms with van der Waals surface area (Å²) in [5.41, 5.74) is 4.44. The number of benzene rings is 1. The molecule has 54 valence electrons. The summed E-state index contributed by atoms with van der Waals surface area (Å²) < 4.78 is 0. The normalized spacial score (nSPS) is 20.8. The maximum Gasteiger partial charge on any atom is 0.187 e. The van der Waals surface area contributed by atoms with Crippen molar-refractivity contribution in [2.75, 3.05) is 0 Å². The van der Waals surface area contributed by atoms with E-state index >= 15 is 0 Å². The highest BCUT2D eigenvalue weighted by Crippen LogP contribution is 2.24. The average molecular weight is 146 g/mol. The van der Waals surface area contributed by atoms with Crippen molar-refractivity contribution in [3.63, 3.8) is 0 Å². The molecule has 3 nitrogen and oxygen atoms in total. The van der Waals surface area contributed by atoms with E-state index in [1.807, 2.05) is 12.1 Å². The lowest BCUT2D eigenvalue weighted by Gasteiger charge is -1.91. The highest BCUT2D eigenvalue weighted by atomic mass is 16.8. The lowest BCUT2D eigenvalue weighted by Crippen LogP contribution is -1.81. The maximum atomic E-state index is 6.72. The zero-order valence-corrected chi connectivity index (χ0v) is 5.74. The first kappa shape index (κ1) is 6.35. The molecule has 1 aromatic carbocycles. The Morgan fingerprint density at radius 3 is 2.45 bits per heavy atom. The third-order valence-electron chi connectivity index (χ3n) is 1.56. The van der Waals surface area contributed by atoms with Gasteiger partial charge in [0.2, 0.25) is 0 Å². The molecule has 1 atom stereocenters. The van der Waals surface area contributed by atoms with Crippen molar-refractivity contribution < 1.29 is 4.84 Å². The Hall–Kier alpha value is -1.37. The summed E-state index contributed by atoms with van der Waals surface area (Å²) in [6, 6.07) is 7.34. The largest absolute Gasteiger partial charge is 0.273 e. The van der Waals surface area contributed by atoms with Crippen molar-refractivity contribution in [2.45, 2.75) is 6.23 Å². The van der Waals surface area contributed by atoms with Gasteiger partial charge in [-0.15, -0.1) is 0 Å². The summed E-state index contributed by atoms with van der Waals surface area (Å²) in [5, 5.41) is 0. The van der Waals surface area contributed by atoms with Gasteiger partial charge in [0.25, 0.3) is 0 Å². The molecular formula is C8H6N2O. The van der Waals surface area contributed by atoms with E-state index in [4.69, 9.17) is 11.4 Å². The van der Waals surface area contributed by atoms with Crippen LogP contribution in [0.4, 0.5) is 5.69 Å². The van der Waals surface area contributed by atoms with Gasteiger partial charge in [-0.1, -0.05) is 24.3 Å². The van der Waals surface area contributed by atoms with Gasteiger partial charge < -0.3 is 0 Å². The smallest absolute Gasteiger partial charge is 0.187 e. The number of hydrogen-bond donors (Lipinski definition) is 1. The first-order chi connectivity index (χ1) is 5.40. The zero-order valence-electron chi connectivity index (χ0n) is 5.74. The first-order valence-corrected chi connectivity index (χ1v) is 3.29. The molecule has 11 heavy (non-hydrogen) atoms. The average Bonchev–Trinajstić information content (AvgIpc) is 2.87. The number of hydroxylamine groups is 1. The Labute approximate surface area is 64.4 Å². The van der Waals surface area contributed by atoms with Crippen molar-refractivity contribution in [3.8, 4) is 0 Å². The molecular weight excluding hydrogens is 140 g/mol. The third-order valence-corrected chi connectivity index (χ3v) is 1.56. The summed E-state index contributed by atoms with van der Waals surface area (Å²) in [6.45, 7) is 6.72. The van der Waals surface area contributed by atoms with Crippen LogP contribution in [0.3, 0.4) is 0 Å². The van der Waals surface area contributed by atoms with E-state index in [0.717, 1.165) is 5.56 Å². The SMILES string of the molecule is [C-]#[N+]c1ccc(C2NO2)cc1. The molecule has 1 fully saturated rings. The van der Waals surface area contributed by atoms with E-state index in [2.05, 4.69) is 10.3 Å². The minimum atomic E-state index is 0.0507. The summed E-state index contributed by atoms with van der Waals surface area (Å²) in [5.74, 6) is 0. The quantitative estimate of drug-likeness (QED) is 0.484. The summed E-state index contributed by atoms with van der Waals surface area (Å²) in [7, 11) is 0. The van der Waals surface area contributed by atoms with Crippen LogP contribution in [0.25, 0.3) is 4.85 Å². The van der Waals surface area contributed by atoms with Gasteiger partial charge >= 0.3 is 0 Å². The number of nitrogens with zero attached hydrogens (tertiary/aromatic N) is 1. The molecule has 0 aromatic heterocycles. The first-order valence-electron chi connectivity index (χ1n) is 3.29. The van der Waals surface area contributed by atoms with Gasteiger partial charge in [-0.25, -0.2) is 4.85 Å². The van der Waals surface area contributed by atoms with Crippen LogP contribution in [0.2, 0.25) is 0 Å². The van der Waals surface area contributed by atoms with Crippen molar-refractivity contribution in [2.24, 2.45) is 0 Å². The van der Waals surface area contributed by atoms with Crippen molar-refractivity contribution >= 4 is 5.69 Å². The molecule has 1 aliphatic heterocycles. The van der Waals surface area contributed by atoms with Crippen LogP contribution < -0.4 is 5.48 Å². The van der Waals surface area contributed by atoms with Crippen molar-refractivity contribution in [1.29, 1.82) is 0 Å².